The standard InChI is InChI=1S/C11H11N9O/c1-13-8(21)7-3-6-20(18-7)11-16-9(12)15-10(17-11)19-5-2-4-14-19/h2-6H,1H3,(H,13,21)(H2,12,15,16,17). The van der Waals surface area contributed by atoms with Crippen LogP contribution in [0.5, 0.6) is 0 Å². The molecule has 0 aliphatic carbocycles. The van der Waals surface area contributed by atoms with Crippen molar-refractivity contribution < 1.29 is 4.79 Å². The minimum Gasteiger partial charge on any atom is -0.368 e. The Labute approximate surface area is 118 Å². The summed E-state index contributed by atoms with van der Waals surface area (Å²) in [4.78, 5) is 23.7. The van der Waals surface area contributed by atoms with E-state index in [0.717, 1.165) is 0 Å². The van der Waals surface area contributed by atoms with Crippen LogP contribution in [-0.4, -0.2) is 47.5 Å². The van der Waals surface area contributed by atoms with E-state index in [0.29, 0.717) is 0 Å². The van der Waals surface area contributed by atoms with E-state index in [4.69, 9.17) is 5.73 Å². The fourth-order valence-electron chi connectivity index (χ4n) is 1.65. The van der Waals surface area contributed by atoms with Gasteiger partial charge in [0.2, 0.25) is 5.95 Å². The number of hydrogen-bond donors (Lipinski definition) is 2. The molecule has 3 rings (SSSR count). The minimum atomic E-state index is -0.303. The van der Waals surface area contributed by atoms with Crippen LogP contribution in [0, 0.1) is 0 Å². The van der Waals surface area contributed by atoms with Crippen molar-refractivity contribution in [1.82, 2.24) is 39.8 Å². The second-order valence-corrected chi connectivity index (χ2v) is 3.97. The van der Waals surface area contributed by atoms with Crippen LogP contribution >= 0.6 is 0 Å². The topological polar surface area (TPSA) is 129 Å². The lowest BCUT2D eigenvalue weighted by molar-refractivity contribution is 0.0957. The van der Waals surface area contributed by atoms with Gasteiger partial charge in [-0.1, -0.05) is 0 Å². The van der Waals surface area contributed by atoms with Gasteiger partial charge in [-0.25, -0.2) is 9.36 Å². The van der Waals surface area contributed by atoms with Crippen molar-refractivity contribution in [2.24, 2.45) is 0 Å². The number of nitrogen functional groups attached to an aromatic ring is 1. The molecule has 0 bridgehead atoms. The van der Waals surface area contributed by atoms with E-state index in [1.54, 1.807) is 30.7 Å². The highest BCUT2D eigenvalue weighted by atomic mass is 16.1. The normalized spacial score (nSPS) is 10.5. The maximum Gasteiger partial charge on any atom is 0.271 e. The number of aromatic nitrogens is 7. The SMILES string of the molecule is CNC(=O)c1ccn(-c2nc(N)nc(-n3cccn3)n2)n1. The zero-order valence-corrected chi connectivity index (χ0v) is 11.0. The summed E-state index contributed by atoms with van der Waals surface area (Å²) in [5.74, 6) is 0.188. The number of anilines is 1. The van der Waals surface area contributed by atoms with E-state index in [2.05, 4.69) is 30.5 Å². The molecule has 0 unspecified atom stereocenters. The Morgan fingerprint density at radius 1 is 1.19 bits per heavy atom. The summed E-state index contributed by atoms with van der Waals surface area (Å²) in [5, 5.41) is 10.6. The molecule has 3 heterocycles. The zero-order chi connectivity index (χ0) is 14.8. The van der Waals surface area contributed by atoms with Crippen LogP contribution in [0.4, 0.5) is 5.95 Å². The van der Waals surface area contributed by atoms with Gasteiger partial charge >= 0.3 is 0 Å². The number of nitrogens with two attached hydrogens (primary N) is 1. The number of amides is 1. The van der Waals surface area contributed by atoms with Crippen LogP contribution in [0.1, 0.15) is 10.5 Å². The molecule has 106 valence electrons. The molecule has 3 aromatic rings. The molecule has 10 nitrogen and oxygen atoms in total. The van der Waals surface area contributed by atoms with Crippen LogP contribution in [0.2, 0.25) is 0 Å². The Kier molecular flexibility index (Phi) is 3.03. The van der Waals surface area contributed by atoms with E-state index < -0.39 is 0 Å². The Morgan fingerprint density at radius 3 is 2.62 bits per heavy atom. The van der Waals surface area contributed by atoms with Gasteiger partial charge in [0.15, 0.2) is 5.69 Å². The van der Waals surface area contributed by atoms with E-state index in [-0.39, 0.29) is 29.4 Å². The highest BCUT2D eigenvalue weighted by Crippen LogP contribution is 2.07. The van der Waals surface area contributed by atoms with Gasteiger partial charge in [0.05, 0.1) is 0 Å². The first-order valence-electron chi connectivity index (χ1n) is 5.97. The monoisotopic (exact) mass is 285 g/mol. The van der Waals surface area contributed by atoms with Gasteiger partial charge in [0, 0.05) is 25.6 Å². The number of carbonyl (C=O) groups is 1. The molecule has 0 aliphatic heterocycles. The first kappa shape index (κ1) is 12.7. The molecule has 21 heavy (non-hydrogen) atoms. The summed E-state index contributed by atoms with van der Waals surface area (Å²) in [7, 11) is 1.53. The highest BCUT2D eigenvalue weighted by molar-refractivity contribution is 5.91. The number of rotatable bonds is 3. The number of hydrogen-bond acceptors (Lipinski definition) is 7. The first-order valence-corrected chi connectivity index (χ1v) is 5.97. The van der Waals surface area contributed by atoms with Crippen LogP contribution in [-0.2, 0) is 0 Å². The zero-order valence-electron chi connectivity index (χ0n) is 11.0. The Balaban J connectivity index is 2.02. The van der Waals surface area contributed by atoms with Crippen molar-refractivity contribution in [3.8, 4) is 11.9 Å². The minimum absolute atomic E-state index is 0.0301. The molecular formula is C11H11N9O. The molecule has 0 spiro atoms. The van der Waals surface area contributed by atoms with Crippen molar-refractivity contribution in [2.45, 2.75) is 0 Å². The largest absolute Gasteiger partial charge is 0.368 e. The molecule has 0 atom stereocenters. The van der Waals surface area contributed by atoms with Gasteiger partial charge in [-0.15, -0.1) is 0 Å². The maximum atomic E-state index is 11.5. The highest BCUT2D eigenvalue weighted by Gasteiger charge is 2.12. The van der Waals surface area contributed by atoms with Crippen LogP contribution in [0.3, 0.4) is 0 Å². The van der Waals surface area contributed by atoms with Gasteiger partial charge in [0.1, 0.15) is 0 Å². The molecule has 1 amide bonds. The van der Waals surface area contributed by atoms with Crippen molar-refractivity contribution in [1.29, 1.82) is 0 Å². The summed E-state index contributed by atoms with van der Waals surface area (Å²) in [6, 6.07) is 3.28. The van der Waals surface area contributed by atoms with Crippen molar-refractivity contribution in [3.63, 3.8) is 0 Å². The number of nitrogens with zero attached hydrogens (tertiary/aromatic N) is 7. The summed E-state index contributed by atoms with van der Waals surface area (Å²) in [6.07, 6.45) is 4.83. The van der Waals surface area contributed by atoms with E-state index in [1.807, 2.05) is 0 Å². The van der Waals surface area contributed by atoms with Crippen molar-refractivity contribution in [3.05, 3.63) is 36.4 Å². The molecule has 10 heteroatoms. The van der Waals surface area contributed by atoms with Crippen molar-refractivity contribution in [2.75, 3.05) is 12.8 Å². The lowest BCUT2D eigenvalue weighted by atomic mass is 10.4. The molecule has 0 aliphatic rings. The van der Waals surface area contributed by atoms with E-state index >= 15 is 0 Å². The van der Waals surface area contributed by atoms with Gasteiger partial charge < -0.3 is 11.1 Å². The molecule has 0 radical (unpaired) electrons. The molecule has 0 saturated carbocycles. The predicted molar refractivity (Wildman–Crippen MR) is 71.9 cm³/mol. The van der Waals surface area contributed by atoms with Gasteiger partial charge in [-0.05, 0) is 12.1 Å². The first-order chi connectivity index (χ1) is 10.2. The predicted octanol–water partition coefficient (Wildman–Crippen LogP) is -0.815. The molecule has 3 aromatic heterocycles. The lowest BCUT2D eigenvalue weighted by Gasteiger charge is -2.04. The summed E-state index contributed by atoms with van der Waals surface area (Å²) in [6.45, 7) is 0. The Bertz CT molecular complexity index is 777. The van der Waals surface area contributed by atoms with E-state index in [9.17, 15) is 4.79 Å². The third-order valence-electron chi connectivity index (χ3n) is 2.59. The quantitative estimate of drug-likeness (QED) is 0.643. The Hall–Kier alpha value is -3.30. The second kappa shape index (κ2) is 5.00. The number of carbonyl (C=O) groups excluding carboxylic acids is 1. The average Bonchev–Trinajstić information content (AvgIpc) is 3.17. The second-order valence-electron chi connectivity index (χ2n) is 3.97. The molecule has 0 saturated heterocycles. The smallest absolute Gasteiger partial charge is 0.271 e. The van der Waals surface area contributed by atoms with Gasteiger partial charge in [-0.2, -0.15) is 25.1 Å². The lowest BCUT2D eigenvalue weighted by Crippen LogP contribution is -2.19. The maximum absolute atomic E-state index is 11.5. The van der Waals surface area contributed by atoms with Crippen molar-refractivity contribution >= 4 is 11.9 Å². The third kappa shape index (κ3) is 2.41. The Morgan fingerprint density at radius 2 is 1.95 bits per heavy atom. The van der Waals surface area contributed by atoms with Crippen LogP contribution in [0.25, 0.3) is 11.9 Å². The fraction of sp³-hybridized carbons (Fsp3) is 0.0909. The third-order valence-corrected chi connectivity index (χ3v) is 2.59. The summed E-state index contributed by atoms with van der Waals surface area (Å²) in [5.41, 5.74) is 5.92. The summed E-state index contributed by atoms with van der Waals surface area (Å²) >= 11 is 0. The van der Waals surface area contributed by atoms with Crippen LogP contribution < -0.4 is 11.1 Å². The number of nitrogens with one attached hydrogen (secondary N) is 1. The average molecular weight is 285 g/mol. The molecule has 0 aromatic carbocycles. The van der Waals surface area contributed by atoms with Crippen LogP contribution in [0.15, 0.2) is 30.7 Å². The van der Waals surface area contributed by atoms with E-state index in [1.165, 1.54) is 16.4 Å². The molecule has 0 fully saturated rings. The summed E-state index contributed by atoms with van der Waals surface area (Å²) < 4.78 is 2.79. The molecule has 3 N–H and O–H groups in total. The van der Waals surface area contributed by atoms with Gasteiger partial charge in [-0.3, -0.25) is 4.79 Å². The van der Waals surface area contributed by atoms with Gasteiger partial charge in [0.25, 0.3) is 17.8 Å². The molecular weight excluding hydrogens is 274 g/mol. The fourth-order valence-corrected chi connectivity index (χ4v) is 1.65.